The number of nitrogens with zero attached hydrogens (tertiary/aromatic N) is 2. The quantitative estimate of drug-likeness (QED) is 0.564. The highest BCUT2D eigenvalue weighted by Crippen LogP contribution is 2.23. The van der Waals surface area contributed by atoms with E-state index in [1.807, 2.05) is 6.07 Å². The number of aliphatic imine (C=N–C) groups is 1. The Morgan fingerprint density at radius 2 is 2.00 bits per heavy atom. The first-order valence-corrected chi connectivity index (χ1v) is 5.11. The van der Waals surface area contributed by atoms with Gasteiger partial charge in [-0.3, -0.25) is 9.69 Å². The van der Waals surface area contributed by atoms with E-state index in [0.717, 1.165) is 4.90 Å². The van der Waals surface area contributed by atoms with E-state index in [2.05, 4.69) is 4.99 Å². The molecular formula is C12H12N2O3. The lowest BCUT2D eigenvalue weighted by Crippen LogP contribution is -2.45. The molecule has 2 N–H and O–H groups in total. The van der Waals surface area contributed by atoms with Gasteiger partial charge in [0.2, 0.25) is 6.35 Å². The van der Waals surface area contributed by atoms with Crippen LogP contribution in [0.1, 0.15) is 6.92 Å². The number of carbonyl (C=O) groups is 1. The van der Waals surface area contributed by atoms with Crippen molar-refractivity contribution in [2.45, 2.75) is 13.3 Å². The van der Waals surface area contributed by atoms with Crippen LogP contribution in [0.2, 0.25) is 0 Å². The summed E-state index contributed by atoms with van der Waals surface area (Å²) in [4.78, 5) is 17.0. The molecule has 0 fully saturated rings. The van der Waals surface area contributed by atoms with Gasteiger partial charge in [0.1, 0.15) is 0 Å². The second-order valence-electron chi connectivity index (χ2n) is 3.61. The van der Waals surface area contributed by atoms with Crippen LogP contribution in [0, 0.1) is 0 Å². The van der Waals surface area contributed by atoms with E-state index < -0.39 is 12.3 Å². The Morgan fingerprint density at radius 1 is 1.35 bits per heavy atom. The van der Waals surface area contributed by atoms with Crippen molar-refractivity contribution >= 4 is 17.3 Å². The van der Waals surface area contributed by atoms with E-state index in [1.165, 1.54) is 0 Å². The van der Waals surface area contributed by atoms with Crippen molar-refractivity contribution in [3.8, 4) is 0 Å². The molecule has 1 aliphatic rings. The van der Waals surface area contributed by atoms with E-state index in [4.69, 9.17) is 5.11 Å². The minimum absolute atomic E-state index is 0.0825. The van der Waals surface area contributed by atoms with Crippen LogP contribution < -0.4 is 4.90 Å². The van der Waals surface area contributed by atoms with Gasteiger partial charge in [0.05, 0.1) is 17.5 Å². The van der Waals surface area contributed by atoms with Crippen LogP contribution in [0.15, 0.2) is 47.2 Å². The third-order valence-electron chi connectivity index (χ3n) is 2.54. The fraction of sp³-hybridized carbons (Fsp3) is 0.167. The summed E-state index contributed by atoms with van der Waals surface area (Å²) in [5.41, 5.74) is 0.928. The zero-order valence-corrected chi connectivity index (χ0v) is 9.24. The Hall–Kier alpha value is -2.14. The molecule has 1 unspecified atom stereocenters. The molecule has 0 saturated carbocycles. The molecule has 1 aromatic carbocycles. The number of aliphatic hydroxyl groups excluding tert-OH is 2. The molecule has 0 spiro atoms. The number of aliphatic hydroxyl groups is 2. The third kappa shape index (κ3) is 1.92. The average Bonchev–Trinajstić information content (AvgIpc) is 2.30. The molecule has 1 aliphatic heterocycles. The zero-order chi connectivity index (χ0) is 12.4. The number of para-hydroxylation sites is 1. The largest absolute Gasteiger partial charge is 0.515 e. The molecule has 1 aromatic rings. The summed E-state index contributed by atoms with van der Waals surface area (Å²) < 4.78 is 0. The molecule has 0 bridgehead atoms. The number of hydrogen-bond donors (Lipinski definition) is 2. The van der Waals surface area contributed by atoms with E-state index in [0.29, 0.717) is 17.7 Å². The van der Waals surface area contributed by atoms with Gasteiger partial charge in [0.15, 0.2) is 0 Å². The Morgan fingerprint density at radius 3 is 2.59 bits per heavy atom. The van der Waals surface area contributed by atoms with E-state index >= 15 is 0 Å². The van der Waals surface area contributed by atoms with Gasteiger partial charge in [-0.1, -0.05) is 18.2 Å². The lowest BCUT2D eigenvalue weighted by Gasteiger charge is -2.30. The molecule has 0 radical (unpaired) electrons. The summed E-state index contributed by atoms with van der Waals surface area (Å²) in [5.74, 6) is -0.473. The molecule has 1 heterocycles. The Bertz CT molecular complexity index is 494. The SMILES string of the molecule is CC1=NC(O)N(c2ccccc2)C(=O)C1=CO. The van der Waals surface area contributed by atoms with Crippen molar-refractivity contribution < 1.29 is 15.0 Å². The van der Waals surface area contributed by atoms with E-state index in [9.17, 15) is 9.90 Å². The molecule has 0 aromatic heterocycles. The first-order chi connectivity index (χ1) is 8.15. The maximum atomic E-state index is 12.0. The summed E-state index contributed by atoms with van der Waals surface area (Å²) in [6, 6.07) is 8.69. The van der Waals surface area contributed by atoms with Crippen LogP contribution in [-0.2, 0) is 4.79 Å². The van der Waals surface area contributed by atoms with Crippen molar-refractivity contribution in [2.75, 3.05) is 4.90 Å². The van der Waals surface area contributed by atoms with Gasteiger partial charge in [-0.25, -0.2) is 4.99 Å². The van der Waals surface area contributed by atoms with Gasteiger partial charge in [0.25, 0.3) is 5.91 Å². The number of benzene rings is 1. The van der Waals surface area contributed by atoms with Crippen LogP contribution in [-0.4, -0.2) is 28.2 Å². The smallest absolute Gasteiger partial charge is 0.266 e. The first kappa shape index (κ1) is 11.3. The molecule has 88 valence electrons. The molecule has 17 heavy (non-hydrogen) atoms. The molecule has 1 atom stereocenters. The Kier molecular flexibility index (Phi) is 2.93. The molecule has 2 rings (SSSR count). The van der Waals surface area contributed by atoms with Crippen LogP contribution >= 0.6 is 0 Å². The van der Waals surface area contributed by atoms with Crippen molar-refractivity contribution in [1.29, 1.82) is 0 Å². The van der Waals surface area contributed by atoms with Gasteiger partial charge >= 0.3 is 0 Å². The summed E-state index contributed by atoms with van der Waals surface area (Å²) in [6.45, 7) is 1.56. The summed E-state index contributed by atoms with van der Waals surface area (Å²) >= 11 is 0. The molecule has 0 aliphatic carbocycles. The van der Waals surface area contributed by atoms with Gasteiger partial charge < -0.3 is 10.2 Å². The molecule has 1 amide bonds. The zero-order valence-electron chi connectivity index (χ0n) is 9.24. The summed E-state index contributed by atoms with van der Waals surface area (Å²) in [5, 5.41) is 18.8. The highest BCUT2D eigenvalue weighted by atomic mass is 16.3. The van der Waals surface area contributed by atoms with E-state index in [1.54, 1.807) is 31.2 Å². The summed E-state index contributed by atoms with van der Waals surface area (Å²) in [7, 11) is 0. The van der Waals surface area contributed by atoms with Crippen LogP contribution in [0.4, 0.5) is 5.69 Å². The Labute approximate surface area is 98.3 Å². The normalized spacial score (nSPS) is 22.8. The van der Waals surface area contributed by atoms with Crippen molar-refractivity contribution in [1.82, 2.24) is 0 Å². The second-order valence-corrected chi connectivity index (χ2v) is 3.61. The van der Waals surface area contributed by atoms with Crippen molar-refractivity contribution in [2.24, 2.45) is 4.99 Å². The fourth-order valence-electron chi connectivity index (χ4n) is 1.68. The minimum atomic E-state index is -1.26. The van der Waals surface area contributed by atoms with E-state index in [-0.39, 0.29) is 5.57 Å². The highest BCUT2D eigenvalue weighted by molar-refractivity contribution is 6.26. The van der Waals surface area contributed by atoms with Crippen LogP contribution in [0.3, 0.4) is 0 Å². The van der Waals surface area contributed by atoms with Crippen molar-refractivity contribution in [3.63, 3.8) is 0 Å². The molecule has 5 nitrogen and oxygen atoms in total. The monoisotopic (exact) mass is 232 g/mol. The molecule has 0 saturated heterocycles. The minimum Gasteiger partial charge on any atom is -0.515 e. The second kappa shape index (κ2) is 4.39. The maximum absolute atomic E-state index is 12.0. The lowest BCUT2D eigenvalue weighted by atomic mass is 10.1. The number of amides is 1. The lowest BCUT2D eigenvalue weighted by molar-refractivity contribution is -0.116. The van der Waals surface area contributed by atoms with Crippen LogP contribution in [0.5, 0.6) is 0 Å². The predicted octanol–water partition coefficient (Wildman–Crippen LogP) is 1.21. The van der Waals surface area contributed by atoms with Crippen molar-refractivity contribution in [3.05, 3.63) is 42.2 Å². The number of anilines is 1. The molecule has 5 heteroatoms. The van der Waals surface area contributed by atoms with Gasteiger partial charge in [-0.15, -0.1) is 0 Å². The Balaban J connectivity index is 2.46. The third-order valence-corrected chi connectivity index (χ3v) is 2.54. The first-order valence-electron chi connectivity index (χ1n) is 5.11. The highest BCUT2D eigenvalue weighted by Gasteiger charge is 2.31. The topological polar surface area (TPSA) is 73.1 Å². The maximum Gasteiger partial charge on any atom is 0.266 e. The molecular weight excluding hydrogens is 220 g/mol. The van der Waals surface area contributed by atoms with Gasteiger partial charge in [-0.05, 0) is 19.1 Å². The standard InChI is InChI=1S/C12H12N2O3/c1-8-10(7-15)11(16)14(12(17)13-8)9-5-3-2-4-6-9/h2-7,12,15,17H,1H3. The number of hydrogen-bond acceptors (Lipinski definition) is 4. The number of carbonyl (C=O) groups excluding carboxylic acids is 1. The predicted molar refractivity (Wildman–Crippen MR) is 63.8 cm³/mol. The summed E-state index contributed by atoms with van der Waals surface area (Å²) in [6.07, 6.45) is -0.545. The average molecular weight is 232 g/mol. The van der Waals surface area contributed by atoms with Gasteiger partial charge in [-0.2, -0.15) is 0 Å². The van der Waals surface area contributed by atoms with Crippen LogP contribution in [0.25, 0.3) is 0 Å². The number of rotatable bonds is 1. The fourth-order valence-corrected chi connectivity index (χ4v) is 1.68. The van der Waals surface area contributed by atoms with Gasteiger partial charge in [0, 0.05) is 5.69 Å².